The molecule has 2 aromatic heterocycles. The molecule has 5 heteroatoms. The van der Waals surface area contributed by atoms with Gasteiger partial charge in [0.1, 0.15) is 0 Å². The average molecular weight is 395 g/mol. The fourth-order valence-electron chi connectivity index (χ4n) is 0.967. The van der Waals surface area contributed by atoms with E-state index in [1.165, 1.54) is 0 Å². The van der Waals surface area contributed by atoms with E-state index in [0.717, 1.165) is 0 Å². The zero-order valence-corrected chi connectivity index (χ0v) is 12.8. The quantitative estimate of drug-likeness (QED) is 0.666. The van der Waals surface area contributed by atoms with Crippen molar-refractivity contribution in [1.82, 2.24) is 9.97 Å². The summed E-state index contributed by atoms with van der Waals surface area (Å²) in [5.41, 5.74) is 1.21. The minimum Gasteiger partial charge on any atom is -0.850 e. The molecule has 0 radical (unpaired) electrons. The van der Waals surface area contributed by atoms with Crippen molar-refractivity contribution < 1.29 is 36.1 Å². The number of rotatable bonds is 2. The van der Waals surface area contributed by atoms with Gasteiger partial charge in [-0.25, -0.2) is 0 Å². The molecule has 0 N–H and O–H groups in total. The second kappa shape index (κ2) is 10.3. The smallest absolute Gasteiger partial charge is 0.0270 e. The minimum atomic E-state index is -0.221. The molecule has 0 aliphatic rings. The van der Waals surface area contributed by atoms with Gasteiger partial charge in [0.25, 0.3) is 0 Å². The van der Waals surface area contributed by atoms with Crippen LogP contribution in [0.1, 0.15) is 11.4 Å². The molecule has 0 aromatic carbocycles. The molecule has 0 unspecified atom stereocenters. The second-order valence-electron chi connectivity index (χ2n) is 2.93. The van der Waals surface area contributed by atoms with E-state index in [2.05, 4.69) is 9.97 Å². The molecule has 0 saturated heterocycles. The Hall–Kier alpha value is -0.910. The summed E-state index contributed by atoms with van der Waals surface area (Å²) in [4.78, 5) is 7.57. The summed E-state index contributed by atoms with van der Waals surface area (Å²) in [5.74, 6) is 0. The fraction of sp³-hybridized carbons (Fsp3) is 0.167. The molecule has 0 saturated carbocycles. The first-order chi connectivity index (χ1) is 7.86. The third-order valence-electron chi connectivity index (χ3n) is 1.75. The summed E-state index contributed by atoms with van der Waals surface area (Å²) >= 11 is 0. The van der Waals surface area contributed by atoms with Crippen molar-refractivity contribution in [3.63, 3.8) is 0 Å². The van der Waals surface area contributed by atoms with Crippen LogP contribution in [-0.4, -0.2) is 9.97 Å². The van der Waals surface area contributed by atoms with Gasteiger partial charge >= 0.3 is 0 Å². The van der Waals surface area contributed by atoms with Gasteiger partial charge in [0, 0.05) is 49.6 Å². The fourth-order valence-corrected chi connectivity index (χ4v) is 0.967. The Kier molecular flexibility index (Phi) is 9.71. The molecule has 0 aliphatic heterocycles. The summed E-state index contributed by atoms with van der Waals surface area (Å²) in [6.45, 7) is -0.443. The molecule has 0 atom stereocenters. The van der Waals surface area contributed by atoms with Crippen LogP contribution in [0, 0.1) is 0 Å². The maximum Gasteiger partial charge on any atom is 0.0270 e. The van der Waals surface area contributed by atoms with Crippen molar-refractivity contribution in [3.05, 3.63) is 60.2 Å². The van der Waals surface area contributed by atoms with Crippen LogP contribution >= 0.6 is 0 Å². The Morgan fingerprint density at radius 3 is 1.35 bits per heavy atom. The molecule has 2 rings (SSSR count). The summed E-state index contributed by atoms with van der Waals surface area (Å²) < 4.78 is 0. The van der Waals surface area contributed by atoms with Crippen molar-refractivity contribution in [2.24, 2.45) is 0 Å². The molecule has 0 bridgehead atoms. The van der Waals surface area contributed by atoms with E-state index >= 15 is 0 Å². The van der Waals surface area contributed by atoms with Gasteiger partial charge in [-0.05, 0) is 24.3 Å². The Labute approximate surface area is 119 Å². The third-order valence-corrected chi connectivity index (χ3v) is 1.75. The molecule has 0 amide bonds. The van der Waals surface area contributed by atoms with Gasteiger partial charge in [-0.1, -0.05) is 25.3 Å². The van der Waals surface area contributed by atoms with Crippen LogP contribution in [0.2, 0.25) is 0 Å². The topological polar surface area (TPSA) is 71.9 Å². The number of aromatic nitrogens is 2. The van der Waals surface area contributed by atoms with E-state index in [9.17, 15) is 10.2 Å². The van der Waals surface area contributed by atoms with Crippen molar-refractivity contribution in [1.29, 1.82) is 0 Å². The monoisotopic (exact) mass is 396 g/mol. The summed E-state index contributed by atoms with van der Waals surface area (Å²) in [7, 11) is 0. The zero-order valence-electron chi connectivity index (χ0n) is 9.24. The predicted octanol–water partition coefficient (Wildman–Crippen LogP) is -0.119. The molecule has 4 nitrogen and oxygen atoms in total. The molecule has 17 heavy (non-hydrogen) atoms. The maximum atomic E-state index is 10.1. The van der Waals surface area contributed by atoms with Crippen LogP contribution in [0.25, 0.3) is 0 Å². The summed E-state index contributed by atoms with van der Waals surface area (Å²) in [6.07, 6.45) is 3.24. The molecule has 88 valence electrons. The Balaban J connectivity index is 0.000000284. The standard InChI is InChI=1S/2C6H6NO.Hf/c2*8-5-6-3-1-2-4-7-6;/h2*1-4H,5H2;/q2*-1;. The number of pyridine rings is 2. The van der Waals surface area contributed by atoms with E-state index in [1.807, 2.05) is 0 Å². The van der Waals surface area contributed by atoms with Crippen LogP contribution in [0.3, 0.4) is 0 Å². The first kappa shape index (κ1) is 16.1. The maximum absolute atomic E-state index is 10.1. The molecule has 2 heterocycles. The van der Waals surface area contributed by atoms with Crippen molar-refractivity contribution in [2.75, 3.05) is 0 Å². The van der Waals surface area contributed by atoms with E-state index in [-0.39, 0.29) is 39.1 Å². The zero-order chi connectivity index (χ0) is 11.6. The van der Waals surface area contributed by atoms with Crippen molar-refractivity contribution >= 4 is 0 Å². The predicted molar refractivity (Wildman–Crippen MR) is 55.9 cm³/mol. The first-order valence-corrected chi connectivity index (χ1v) is 4.83. The molecular weight excluding hydrogens is 383 g/mol. The molecule has 0 aliphatic carbocycles. The first-order valence-electron chi connectivity index (χ1n) is 4.83. The van der Waals surface area contributed by atoms with Gasteiger partial charge in [-0.15, -0.1) is 0 Å². The summed E-state index contributed by atoms with van der Waals surface area (Å²) in [6, 6.07) is 10.6. The second-order valence-corrected chi connectivity index (χ2v) is 2.93. The van der Waals surface area contributed by atoms with Crippen LogP contribution < -0.4 is 10.2 Å². The SMILES string of the molecule is [Hf].[O-]Cc1ccccn1.[O-]Cc1ccccn1. The molecule has 0 fully saturated rings. The van der Waals surface area contributed by atoms with Gasteiger partial charge in [0.2, 0.25) is 0 Å². The van der Waals surface area contributed by atoms with Gasteiger partial charge in [-0.3, -0.25) is 9.97 Å². The Morgan fingerprint density at radius 1 is 0.765 bits per heavy atom. The van der Waals surface area contributed by atoms with Crippen LogP contribution in [0.15, 0.2) is 48.8 Å². The number of hydrogen-bond acceptors (Lipinski definition) is 4. The molecule has 2 aromatic rings. The third kappa shape index (κ3) is 7.10. The van der Waals surface area contributed by atoms with Gasteiger partial charge < -0.3 is 10.2 Å². The molecule has 0 spiro atoms. The van der Waals surface area contributed by atoms with Gasteiger partial charge in [0.05, 0.1) is 0 Å². The Bertz CT molecular complexity index is 345. The van der Waals surface area contributed by atoms with E-state index < -0.39 is 0 Å². The van der Waals surface area contributed by atoms with E-state index in [1.54, 1.807) is 48.8 Å². The van der Waals surface area contributed by atoms with Crippen molar-refractivity contribution in [2.45, 2.75) is 13.2 Å². The number of hydrogen-bond donors (Lipinski definition) is 0. The summed E-state index contributed by atoms with van der Waals surface area (Å²) in [5, 5.41) is 20.1. The van der Waals surface area contributed by atoms with Gasteiger partial charge in [-0.2, -0.15) is 0 Å². The van der Waals surface area contributed by atoms with Crippen LogP contribution in [0.4, 0.5) is 0 Å². The Morgan fingerprint density at radius 2 is 1.18 bits per heavy atom. The van der Waals surface area contributed by atoms with Crippen molar-refractivity contribution in [3.8, 4) is 0 Å². The number of nitrogens with zero attached hydrogens (tertiary/aromatic N) is 2. The van der Waals surface area contributed by atoms with E-state index in [0.29, 0.717) is 11.4 Å². The molecular formula is C12H12HfN2O2-2. The largest absolute Gasteiger partial charge is 0.850 e. The van der Waals surface area contributed by atoms with Crippen LogP contribution in [-0.2, 0) is 39.1 Å². The van der Waals surface area contributed by atoms with Gasteiger partial charge in [0.15, 0.2) is 0 Å². The van der Waals surface area contributed by atoms with Crippen LogP contribution in [0.5, 0.6) is 0 Å². The normalized spacial score (nSPS) is 8.59. The minimum absolute atomic E-state index is 0. The average Bonchev–Trinajstić information content (AvgIpc) is 2.41. The van der Waals surface area contributed by atoms with E-state index in [4.69, 9.17) is 0 Å².